The van der Waals surface area contributed by atoms with Crippen LogP contribution in [0.15, 0.2) is 42.7 Å². The molecule has 0 bridgehead atoms. The van der Waals surface area contributed by atoms with Crippen LogP contribution in [-0.4, -0.2) is 64.9 Å². The predicted octanol–water partition coefficient (Wildman–Crippen LogP) is 1.39. The van der Waals surface area contributed by atoms with Gasteiger partial charge in [0.1, 0.15) is 0 Å². The van der Waals surface area contributed by atoms with Crippen molar-refractivity contribution in [1.82, 2.24) is 20.1 Å². The lowest BCUT2D eigenvalue weighted by Crippen LogP contribution is -2.54. The highest BCUT2D eigenvalue weighted by Crippen LogP contribution is 2.26. The molecule has 1 fully saturated rings. The lowest BCUT2D eigenvalue weighted by atomic mass is 10.2. The van der Waals surface area contributed by atoms with Gasteiger partial charge in [-0.25, -0.2) is 0 Å². The average molecular weight is 436 g/mol. The van der Waals surface area contributed by atoms with E-state index in [1.54, 1.807) is 12.1 Å². The number of benzene rings is 1. The molecule has 1 aromatic heterocycles. The zero-order chi connectivity index (χ0) is 21.0. The highest BCUT2D eigenvalue weighted by molar-refractivity contribution is 6.42. The predicted molar refractivity (Wildman–Crippen MR) is 109 cm³/mol. The summed E-state index contributed by atoms with van der Waals surface area (Å²) in [6, 6.07) is 7.59. The van der Waals surface area contributed by atoms with E-state index in [2.05, 4.69) is 10.3 Å². The first-order valence-corrected chi connectivity index (χ1v) is 9.64. The Morgan fingerprint density at radius 3 is 2.21 bits per heavy atom. The van der Waals surface area contributed by atoms with Crippen LogP contribution in [0.5, 0.6) is 0 Å². The maximum Gasteiger partial charge on any atom is 0.263 e. The number of nitrogens with zero attached hydrogens (tertiary/aromatic N) is 3. The summed E-state index contributed by atoms with van der Waals surface area (Å²) in [5.74, 6) is -1.28. The highest BCUT2D eigenvalue weighted by Gasteiger charge is 2.43. The smallest absolute Gasteiger partial charge is 0.263 e. The van der Waals surface area contributed by atoms with Crippen LogP contribution in [0.2, 0.25) is 10.0 Å². The molecule has 3 N–H and O–H groups in total. The number of carbonyl (C=O) groups is 3. The first-order chi connectivity index (χ1) is 13.9. The van der Waals surface area contributed by atoms with E-state index in [1.807, 2.05) is 0 Å². The first kappa shape index (κ1) is 21.0. The Kier molecular flexibility index (Phi) is 6.68. The summed E-state index contributed by atoms with van der Waals surface area (Å²) in [7, 11) is 0. The van der Waals surface area contributed by atoms with Crippen LogP contribution in [0.3, 0.4) is 0 Å². The molecule has 1 atom stereocenters. The summed E-state index contributed by atoms with van der Waals surface area (Å²) in [6.45, 7) is 0.852. The van der Waals surface area contributed by atoms with Crippen molar-refractivity contribution in [3.05, 3.63) is 63.9 Å². The van der Waals surface area contributed by atoms with Gasteiger partial charge in [0, 0.05) is 49.7 Å². The molecule has 0 radical (unpaired) electrons. The maximum absolute atomic E-state index is 13.1. The molecule has 0 saturated carbocycles. The molecule has 0 aliphatic carbocycles. The Labute approximate surface area is 177 Å². The topological polar surface area (TPSA) is 109 Å². The molecule has 2 heterocycles. The first-order valence-electron chi connectivity index (χ1n) is 8.89. The highest BCUT2D eigenvalue weighted by atomic mass is 35.5. The third-order valence-electron chi connectivity index (χ3n) is 4.47. The normalized spacial score (nSPS) is 16.0. The largest absolute Gasteiger partial charge is 0.351 e. The number of rotatable bonds is 5. The minimum absolute atomic E-state index is 0.191. The molecule has 10 heteroatoms. The van der Waals surface area contributed by atoms with Crippen LogP contribution in [-0.2, 0) is 4.79 Å². The number of carbonyl (C=O) groups excluding carboxylic acids is 3. The van der Waals surface area contributed by atoms with Gasteiger partial charge in [0.25, 0.3) is 17.7 Å². The minimum Gasteiger partial charge on any atom is -0.351 e. The van der Waals surface area contributed by atoms with Gasteiger partial charge in [0.2, 0.25) is 0 Å². The molecule has 1 aliphatic rings. The van der Waals surface area contributed by atoms with Gasteiger partial charge in [0.05, 0.1) is 10.0 Å². The fourth-order valence-corrected chi connectivity index (χ4v) is 3.38. The lowest BCUT2D eigenvalue weighted by Gasteiger charge is -2.29. The number of amides is 3. The number of nitrogens with two attached hydrogens (primary N) is 1. The molecular formula is C19H19Cl2N5O3. The van der Waals surface area contributed by atoms with Gasteiger partial charge in [-0.05, 0) is 30.3 Å². The zero-order valence-corrected chi connectivity index (χ0v) is 16.9. The van der Waals surface area contributed by atoms with Crippen LogP contribution in [0.25, 0.3) is 0 Å². The SMILES string of the molecule is NCCNC(=O)C1N(C(=O)c2ccncc2)CCN1C(=O)c1ccc(Cl)c(Cl)c1. The quantitative estimate of drug-likeness (QED) is 0.737. The van der Waals surface area contributed by atoms with Crippen molar-refractivity contribution in [3.63, 3.8) is 0 Å². The van der Waals surface area contributed by atoms with Gasteiger partial charge in [-0.15, -0.1) is 0 Å². The van der Waals surface area contributed by atoms with Crippen molar-refractivity contribution in [2.75, 3.05) is 26.2 Å². The maximum atomic E-state index is 13.1. The van der Waals surface area contributed by atoms with E-state index in [1.165, 1.54) is 40.4 Å². The van der Waals surface area contributed by atoms with Crippen molar-refractivity contribution in [1.29, 1.82) is 0 Å². The fraction of sp³-hybridized carbons (Fsp3) is 0.263. The van der Waals surface area contributed by atoms with Crippen LogP contribution < -0.4 is 11.1 Å². The fourth-order valence-electron chi connectivity index (χ4n) is 3.08. The number of halogens is 2. The van der Waals surface area contributed by atoms with E-state index in [0.717, 1.165) is 0 Å². The zero-order valence-electron chi connectivity index (χ0n) is 15.3. The molecule has 29 heavy (non-hydrogen) atoms. The molecule has 152 valence electrons. The average Bonchev–Trinajstić information content (AvgIpc) is 3.18. The van der Waals surface area contributed by atoms with Crippen molar-refractivity contribution in [3.8, 4) is 0 Å². The van der Waals surface area contributed by atoms with E-state index in [0.29, 0.717) is 10.6 Å². The molecule has 3 amide bonds. The van der Waals surface area contributed by atoms with E-state index < -0.39 is 18.0 Å². The van der Waals surface area contributed by atoms with Crippen molar-refractivity contribution < 1.29 is 14.4 Å². The van der Waals surface area contributed by atoms with E-state index >= 15 is 0 Å². The van der Waals surface area contributed by atoms with Gasteiger partial charge < -0.3 is 20.9 Å². The second kappa shape index (κ2) is 9.21. The molecule has 2 aromatic rings. The van der Waals surface area contributed by atoms with Gasteiger partial charge in [-0.3, -0.25) is 19.4 Å². The molecule has 1 unspecified atom stereocenters. The molecule has 1 saturated heterocycles. The van der Waals surface area contributed by atoms with Crippen molar-refractivity contribution in [2.24, 2.45) is 5.73 Å². The number of pyridine rings is 1. The van der Waals surface area contributed by atoms with Gasteiger partial charge in [-0.2, -0.15) is 0 Å². The second-order valence-electron chi connectivity index (χ2n) is 6.32. The summed E-state index contributed by atoms with van der Waals surface area (Å²) >= 11 is 11.9. The molecule has 1 aliphatic heterocycles. The monoisotopic (exact) mass is 435 g/mol. The standard InChI is InChI=1S/C19H19Cl2N5O3/c20-14-2-1-13(11-15(14)21)19(29)26-10-9-25(17(26)16(27)24-8-5-22)18(28)12-3-6-23-7-4-12/h1-4,6-7,11,17H,5,8-10,22H2,(H,24,27). The number of hydrogen-bond donors (Lipinski definition) is 2. The van der Waals surface area contributed by atoms with E-state index in [4.69, 9.17) is 28.9 Å². The van der Waals surface area contributed by atoms with Crippen LogP contribution in [0.1, 0.15) is 20.7 Å². The van der Waals surface area contributed by atoms with Crippen molar-refractivity contribution >= 4 is 40.9 Å². The van der Waals surface area contributed by atoms with Crippen molar-refractivity contribution in [2.45, 2.75) is 6.17 Å². The summed E-state index contributed by atoms with van der Waals surface area (Å²) in [6.07, 6.45) is 1.88. The summed E-state index contributed by atoms with van der Waals surface area (Å²) in [4.78, 5) is 45.4. The number of nitrogens with one attached hydrogen (secondary N) is 1. The Morgan fingerprint density at radius 2 is 1.62 bits per heavy atom. The number of hydrogen-bond acceptors (Lipinski definition) is 5. The summed E-state index contributed by atoms with van der Waals surface area (Å²) in [5.41, 5.74) is 6.12. The second-order valence-corrected chi connectivity index (χ2v) is 7.13. The Bertz CT molecular complexity index is 925. The Balaban J connectivity index is 1.91. The van der Waals surface area contributed by atoms with Crippen LogP contribution >= 0.6 is 23.2 Å². The van der Waals surface area contributed by atoms with Gasteiger partial charge in [0.15, 0.2) is 6.17 Å². The number of aromatic nitrogens is 1. The van der Waals surface area contributed by atoms with Crippen LogP contribution in [0, 0.1) is 0 Å². The molecule has 8 nitrogen and oxygen atoms in total. The Morgan fingerprint density at radius 1 is 1.00 bits per heavy atom. The molecular weight excluding hydrogens is 417 g/mol. The molecule has 0 spiro atoms. The van der Waals surface area contributed by atoms with Crippen LogP contribution in [0.4, 0.5) is 0 Å². The molecule has 3 rings (SSSR count). The van der Waals surface area contributed by atoms with E-state index in [-0.39, 0.29) is 42.7 Å². The van der Waals surface area contributed by atoms with Gasteiger partial charge in [-0.1, -0.05) is 23.2 Å². The van der Waals surface area contributed by atoms with E-state index in [9.17, 15) is 14.4 Å². The molecule has 1 aromatic carbocycles. The minimum atomic E-state index is -1.11. The summed E-state index contributed by atoms with van der Waals surface area (Å²) < 4.78 is 0. The summed E-state index contributed by atoms with van der Waals surface area (Å²) in [5, 5.41) is 3.20. The lowest BCUT2D eigenvalue weighted by molar-refractivity contribution is -0.128. The third-order valence-corrected chi connectivity index (χ3v) is 5.20. The van der Waals surface area contributed by atoms with Gasteiger partial charge >= 0.3 is 0 Å². The Hall–Kier alpha value is -2.68. The third kappa shape index (κ3) is 4.50.